The molecule has 0 aliphatic carbocycles. The second kappa shape index (κ2) is 14.4. The molecule has 0 spiro atoms. The van der Waals surface area contributed by atoms with E-state index in [0.717, 1.165) is 5.56 Å². The van der Waals surface area contributed by atoms with Gasteiger partial charge in [0.2, 0.25) is 17.7 Å². The van der Waals surface area contributed by atoms with Crippen LogP contribution in [-0.2, 0) is 35.3 Å². The molecule has 0 aliphatic rings. The van der Waals surface area contributed by atoms with Gasteiger partial charge < -0.3 is 30.7 Å². The van der Waals surface area contributed by atoms with Crippen LogP contribution in [0.4, 0.5) is 4.79 Å². The van der Waals surface area contributed by atoms with Gasteiger partial charge in [-0.3, -0.25) is 19.2 Å². The average molecular weight is 465 g/mol. The summed E-state index contributed by atoms with van der Waals surface area (Å²) >= 11 is 0. The highest BCUT2D eigenvalue weighted by molar-refractivity contribution is 5.93. The second-order valence-electron chi connectivity index (χ2n) is 7.69. The largest absolute Gasteiger partial charge is 0.468 e. The lowest BCUT2D eigenvalue weighted by atomic mass is 10.0. The Balaban J connectivity index is 2.53. The van der Waals surface area contributed by atoms with Gasteiger partial charge in [-0.25, -0.2) is 4.79 Å². The lowest BCUT2D eigenvalue weighted by molar-refractivity contribution is -0.141. The third kappa shape index (κ3) is 11.5. The Morgan fingerprint density at radius 2 is 1.55 bits per heavy atom. The van der Waals surface area contributed by atoms with Crippen LogP contribution in [-0.4, -0.2) is 62.1 Å². The Kier molecular flexibility index (Phi) is 12.0. The Hall–Kier alpha value is -3.63. The van der Waals surface area contributed by atoms with Crippen LogP contribution in [0.15, 0.2) is 30.3 Å². The van der Waals surface area contributed by atoms with Crippen molar-refractivity contribution in [3.63, 3.8) is 0 Å². The molecule has 1 aromatic carbocycles. The van der Waals surface area contributed by atoms with Crippen molar-refractivity contribution in [2.45, 2.75) is 45.9 Å². The van der Waals surface area contributed by atoms with Crippen molar-refractivity contribution < 1.29 is 33.4 Å². The first-order valence-corrected chi connectivity index (χ1v) is 10.5. The summed E-state index contributed by atoms with van der Waals surface area (Å²) in [6, 6.07) is 7.22. The van der Waals surface area contributed by atoms with Crippen LogP contribution >= 0.6 is 0 Å². The van der Waals surface area contributed by atoms with Gasteiger partial charge in [0.05, 0.1) is 13.7 Å². The number of rotatable bonds is 12. The molecule has 0 unspecified atom stereocenters. The molecule has 0 fully saturated rings. The minimum absolute atomic E-state index is 0.0551. The van der Waals surface area contributed by atoms with Gasteiger partial charge in [0, 0.05) is 0 Å². The van der Waals surface area contributed by atoms with Gasteiger partial charge in [-0.15, -0.1) is 0 Å². The van der Waals surface area contributed by atoms with Gasteiger partial charge in [-0.2, -0.15) is 0 Å². The normalized spacial score (nSPS) is 12.2. The number of alkyl carbamates (subject to hydrolysis) is 1. The molecule has 2 atom stereocenters. The summed E-state index contributed by atoms with van der Waals surface area (Å²) in [6.07, 6.45) is -0.421. The molecule has 33 heavy (non-hydrogen) atoms. The van der Waals surface area contributed by atoms with Crippen LogP contribution in [0, 0.1) is 5.92 Å². The summed E-state index contributed by atoms with van der Waals surface area (Å²) in [4.78, 5) is 59.7. The second-order valence-corrected chi connectivity index (χ2v) is 7.69. The zero-order valence-electron chi connectivity index (χ0n) is 19.3. The van der Waals surface area contributed by atoms with Crippen molar-refractivity contribution in [1.29, 1.82) is 0 Å². The molecule has 0 radical (unpaired) electrons. The van der Waals surface area contributed by atoms with Crippen LogP contribution in [0.1, 0.15) is 32.8 Å². The summed E-state index contributed by atoms with van der Waals surface area (Å²) in [5.74, 6) is -2.29. The summed E-state index contributed by atoms with van der Waals surface area (Å²) in [7, 11) is 1.19. The van der Waals surface area contributed by atoms with Gasteiger partial charge in [-0.05, 0) is 24.8 Å². The van der Waals surface area contributed by atoms with Crippen molar-refractivity contribution in [2.75, 3.05) is 20.2 Å². The first-order valence-electron chi connectivity index (χ1n) is 10.5. The first kappa shape index (κ1) is 27.4. The van der Waals surface area contributed by atoms with Crippen LogP contribution in [0.2, 0.25) is 0 Å². The maximum atomic E-state index is 12.7. The van der Waals surface area contributed by atoms with Gasteiger partial charge in [0.25, 0.3) is 0 Å². The molecular formula is C22H32N4O7. The molecule has 4 N–H and O–H groups in total. The van der Waals surface area contributed by atoms with E-state index in [9.17, 15) is 24.0 Å². The smallest absolute Gasteiger partial charge is 0.408 e. The van der Waals surface area contributed by atoms with Crippen molar-refractivity contribution in [2.24, 2.45) is 5.92 Å². The van der Waals surface area contributed by atoms with E-state index in [1.165, 1.54) is 14.0 Å². The third-order valence-electron chi connectivity index (χ3n) is 4.36. The molecule has 0 saturated carbocycles. The highest BCUT2D eigenvalue weighted by atomic mass is 16.5. The van der Waals surface area contributed by atoms with E-state index < -0.39 is 41.9 Å². The zero-order chi connectivity index (χ0) is 24.8. The van der Waals surface area contributed by atoms with Crippen LogP contribution in [0.3, 0.4) is 0 Å². The fourth-order valence-corrected chi connectivity index (χ4v) is 2.62. The maximum Gasteiger partial charge on any atom is 0.408 e. The molecule has 0 aliphatic heterocycles. The maximum absolute atomic E-state index is 12.7. The Labute approximate surface area is 193 Å². The quantitative estimate of drug-likeness (QED) is 0.323. The summed E-state index contributed by atoms with van der Waals surface area (Å²) in [6.45, 7) is 4.58. The lowest BCUT2D eigenvalue weighted by Crippen LogP contribution is -2.53. The van der Waals surface area contributed by atoms with E-state index in [2.05, 4.69) is 26.0 Å². The number of nitrogens with one attached hydrogen (secondary N) is 4. The average Bonchev–Trinajstić information content (AvgIpc) is 2.79. The fourth-order valence-electron chi connectivity index (χ4n) is 2.62. The number of amides is 4. The monoisotopic (exact) mass is 464 g/mol. The number of ether oxygens (including phenoxy) is 2. The van der Waals surface area contributed by atoms with Crippen molar-refractivity contribution in [1.82, 2.24) is 21.3 Å². The van der Waals surface area contributed by atoms with Crippen LogP contribution in [0.5, 0.6) is 0 Å². The minimum Gasteiger partial charge on any atom is -0.468 e. The lowest BCUT2D eigenvalue weighted by Gasteiger charge is -2.22. The topological polar surface area (TPSA) is 152 Å². The summed E-state index contributed by atoms with van der Waals surface area (Å²) in [5.41, 5.74) is 0.804. The van der Waals surface area contributed by atoms with E-state index >= 15 is 0 Å². The number of carbonyl (C=O) groups excluding carboxylic acids is 5. The molecule has 11 heteroatoms. The minimum atomic E-state index is -0.970. The standard InChI is InChI=1S/C22H32N4O7/c1-14(2)10-17(26-22(31)33-13-16-8-6-5-7-9-16)21(30)25-15(3)20(29)24-11-18(27)23-12-19(28)32-4/h5-9,14-15,17H,10-13H2,1-4H3,(H,23,27)(H,24,29)(H,25,30)(H,26,31)/t15-,17-/m0/s1. The molecule has 0 saturated heterocycles. The van der Waals surface area contributed by atoms with Crippen molar-refractivity contribution in [3.8, 4) is 0 Å². The number of carbonyl (C=O) groups is 5. The predicted molar refractivity (Wildman–Crippen MR) is 119 cm³/mol. The molecule has 11 nitrogen and oxygen atoms in total. The number of methoxy groups -OCH3 is 1. The van der Waals surface area contributed by atoms with Crippen LogP contribution < -0.4 is 21.3 Å². The highest BCUT2D eigenvalue weighted by Crippen LogP contribution is 2.07. The molecule has 4 amide bonds. The van der Waals surface area contributed by atoms with E-state index in [1.807, 2.05) is 44.2 Å². The van der Waals surface area contributed by atoms with Crippen molar-refractivity contribution in [3.05, 3.63) is 35.9 Å². The molecular weight excluding hydrogens is 432 g/mol. The number of esters is 1. The van der Waals surface area contributed by atoms with Gasteiger partial charge in [-0.1, -0.05) is 44.2 Å². The fraction of sp³-hybridized carbons (Fsp3) is 0.500. The zero-order valence-corrected chi connectivity index (χ0v) is 19.3. The van der Waals surface area contributed by atoms with Gasteiger partial charge >= 0.3 is 12.1 Å². The third-order valence-corrected chi connectivity index (χ3v) is 4.36. The number of benzene rings is 1. The Morgan fingerprint density at radius 1 is 0.879 bits per heavy atom. The molecule has 1 rings (SSSR count). The van der Waals surface area contributed by atoms with Gasteiger partial charge in [0.1, 0.15) is 25.2 Å². The predicted octanol–water partition coefficient (Wildman–Crippen LogP) is 0.238. The molecule has 0 heterocycles. The van der Waals surface area contributed by atoms with Gasteiger partial charge in [0.15, 0.2) is 0 Å². The van der Waals surface area contributed by atoms with E-state index in [1.54, 1.807) is 0 Å². The van der Waals surface area contributed by atoms with Crippen LogP contribution in [0.25, 0.3) is 0 Å². The summed E-state index contributed by atoms with van der Waals surface area (Å²) < 4.78 is 9.56. The SMILES string of the molecule is COC(=O)CNC(=O)CNC(=O)[C@H](C)NC(=O)[C@H](CC(C)C)NC(=O)OCc1ccccc1. The van der Waals surface area contributed by atoms with E-state index in [-0.39, 0.29) is 25.6 Å². The molecule has 0 aromatic heterocycles. The first-order chi connectivity index (χ1) is 15.6. The Morgan fingerprint density at radius 3 is 2.15 bits per heavy atom. The molecule has 0 bridgehead atoms. The van der Waals surface area contributed by atoms with E-state index in [4.69, 9.17) is 4.74 Å². The molecule has 182 valence electrons. The Bertz CT molecular complexity index is 814. The summed E-state index contributed by atoms with van der Waals surface area (Å²) in [5, 5.41) is 9.69. The van der Waals surface area contributed by atoms with Crippen molar-refractivity contribution >= 4 is 29.8 Å². The number of hydrogen-bond acceptors (Lipinski definition) is 7. The molecule has 1 aromatic rings. The van der Waals surface area contributed by atoms with E-state index in [0.29, 0.717) is 6.42 Å². The highest BCUT2D eigenvalue weighted by Gasteiger charge is 2.26. The number of hydrogen-bond donors (Lipinski definition) is 4.